The van der Waals surface area contributed by atoms with Gasteiger partial charge in [0.1, 0.15) is 23.3 Å². The van der Waals surface area contributed by atoms with Gasteiger partial charge < -0.3 is 23.9 Å². The largest absolute Gasteiger partial charge is 0.465 e. The summed E-state index contributed by atoms with van der Waals surface area (Å²) in [6.45, 7) is 6.50. The zero-order valence-corrected chi connectivity index (χ0v) is 43.0. The first-order chi connectivity index (χ1) is 35.6. The number of carbonyl (C=O) groups is 4. The number of halogens is 4. The molecule has 0 aliphatic carbocycles. The minimum Gasteiger partial charge on any atom is -0.465 e. The number of benzene rings is 4. The zero-order valence-electron chi connectivity index (χ0n) is 43.0. The van der Waals surface area contributed by atoms with Crippen LogP contribution in [0.25, 0.3) is 22.3 Å². The van der Waals surface area contributed by atoms with Gasteiger partial charge in [-0.1, -0.05) is 62.4 Å². The van der Waals surface area contributed by atoms with Gasteiger partial charge in [0.2, 0.25) is 0 Å². The molecule has 0 fully saturated rings. The van der Waals surface area contributed by atoms with Gasteiger partial charge >= 0.3 is 23.3 Å². The van der Waals surface area contributed by atoms with E-state index in [2.05, 4.69) is 5.32 Å². The first kappa shape index (κ1) is 56.5. The molecule has 15 nitrogen and oxygen atoms in total. The molecule has 0 spiro atoms. The molecule has 0 unspecified atom stereocenters. The predicted octanol–water partition coefficient (Wildman–Crippen LogP) is 7.05. The Morgan fingerprint density at radius 3 is 1.13 bits per heavy atom. The van der Waals surface area contributed by atoms with Crippen LogP contribution < -0.4 is 27.8 Å². The van der Waals surface area contributed by atoms with E-state index in [1.165, 1.54) is 23.2 Å². The number of carbonyl (C=O) groups excluding carboxylic acids is 4. The number of aromatic nitrogens is 4. The zero-order chi connectivity index (χ0) is 55.0. The summed E-state index contributed by atoms with van der Waals surface area (Å²) in [5.41, 5.74) is 0.0348. The van der Waals surface area contributed by atoms with Gasteiger partial charge in [0.25, 0.3) is 11.1 Å². The smallest absolute Gasteiger partial charge is 0.330 e. The van der Waals surface area contributed by atoms with Crippen molar-refractivity contribution in [1.29, 1.82) is 0 Å². The van der Waals surface area contributed by atoms with Gasteiger partial charge in [0.05, 0.1) is 47.3 Å². The third-order valence-corrected chi connectivity index (χ3v) is 13.2. The summed E-state index contributed by atoms with van der Waals surface area (Å²) in [6.07, 6.45) is -0.331. The Morgan fingerprint density at radius 1 is 0.507 bits per heavy atom. The van der Waals surface area contributed by atoms with Crippen LogP contribution in [0.2, 0.25) is 0 Å². The average Bonchev–Trinajstić information content (AvgIpc) is 3.37. The first-order valence-corrected chi connectivity index (χ1v) is 24.4. The Balaban J connectivity index is 1.10. The van der Waals surface area contributed by atoms with Crippen molar-refractivity contribution >= 4 is 23.5 Å². The number of nitrogens with one attached hydrogen (secondary N) is 1. The lowest BCUT2D eigenvalue weighted by Crippen LogP contribution is -2.39. The van der Waals surface area contributed by atoms with E-state index in [1.54, 1.807) is 90.3 Å². The summed E-state index contributed by atoms with van der Waals surface area (Å²) >= 11 is 0. The molecule has 0 saturated carbocycles. The van der Waals surface area contributed by atoms with Crippen molar-refractivity contribution < 1.29 is 46.2 Å². The molecule has 0 aliphatic rings. The standard InChI is InChI=1S/C56H59F4N5O10/c1-9-19-74-53(70)39(21-33-11-15-37(16-12-33)47-31(3)62(5)55(72)64(7)51(47)68)27-45(66)49-41(57)23-35(24-42(49)58)29-61-30-36-25-43(59)50(44(60)26-36)46(67)28-40(54(71)75-20-10-2)22-34-13-17-38(18-14-34)48-32(4)63(6)56(73)65(8)52(48)69/h11-18,23-26,39-40,61H,9-10,19-22,27-30H2,1-8H3/t39-,40-/m1/s1. The fourth-order valence-corrected chi connectivity index (χ4v) is 8.85. The van der Waals surface area contributed by atoms with E-state index in [4.69, 9.17) is 9.47 Å². The number of rotatable bonds is 22. The van der Waals surface area contributed by atoms with Crippen LogP contribution >= 0.6 is 0 Å². The third-order valence-electron chi connectivity index (χ3n) is 13.2. The molecular weight excluding hydrogens is 979 g/mol. The highest BCUT2D eigenvalue weighted by Gasteiger charge is 2.30. The number of esters is 2. The van der Waals surface area contributed by atoms with Crippen molar-refractivity contribution in [2.45, 2.75) is 79.3 Å². The van der Waals surface area contributed by atoms with Crippen molar-refractivity contribution in [3.8, 4) is 22.3 Å². The Labute approximate surface area is 429 Å². The van der Waals surface area contributed by atoms with Gasteiger partial charge in [-0.25, -0.2) is 27.2 Å². The van der Waals surface area contributed by atoms with Crippen molar-refractivity contribution in [3.63, 3.8) is 0 Å². The number of Topliss-reactive ketones (excluding diaryl/α,β-unsaturated/α-hetero) is 2. The molecule has 396 valence electrons. The van der Waals surface area contributed by atoms with Crippen LogP contribution in [0.5, 0.6) is 0 Å². The maximum atomic E-state index is 15.6. The monoisotopic (exact) mass is 1040 g/mol. The van der Waals surface area contributed by atoms with E-state index in [9.17, 15) is 38.4 Å². The second-order valence-electron chi connectivity index (χ2n) is 18.6. The summed E-state index contributed by atoms with van der Waals surface area (Å²) < 4.78 is 77.8. The summed E-state index contributed by atoms with van der Waals surface area (Å²) in [7, 11) is 5.83. The number of hydrogen-bond acceptors (Lipinski definition) is 11. The van der Waals surface area contributed by atoms with Gasteiger partial charge in [-0.15, -0.1) is 0 Å². The van der Waals surface area contributed by atoms with E-state index < -0.39 is 105 Å². The van der Waals surface area contributed by atoms with Crippen LogP contribution in [0.4, 0.5) is 17.6 Å². The van der Waals surface area contributed by atoms with Crippen LogP contribution in [0.1, 0.15) is 93.9 Å². The molecular formula is C56H59F4N5O10. The van der Waals surface area contributed by atoms with Crippen molar-refractivity contribution in [1.82, 2.24) is 23.6 Å². The fourth-order valence-electron chi connectivity index (χ4n) is 8.85. The SMILES string of the molecule is CCCOC(=O)[C@@H](CC(=O)c1c(F)cc(CNCc2cc(F)c(C(=O)C[C@@H](Cc3ccc(-c4c(C)n(C)c(=O)n(C)c4=O)cc3)C(=O)OCCC)c(F)c2)cc1F)Cc1ccc(-c2c(C)n(C)c(=O)n(C)c2=O)cc1. The maximum Gasteiger partial charge on any atom is 0.330 e. The van der Waals surface area contributed by atoms with Crippen LogP contribution in [0.3, 0.4) is 0 Å². The fraction of sp³-hybridized carbons (Fsp3) is 0.357. The van der Waals surface area contributed by atoms with Crippen molar-refractivity contribution in [2.75, 3.05) is 13.2 Å². The third kappa shape index (κ3) is 12.8. The van der Waals surface area contributed by atoms with Crippen LogP contribution in [-0.4, -0.2) is 55.0 Å². The topological polar surface area (TPSA) is 187 Å². The molecule has 0 radical (unpaired) electrons. The van der Waals surface area contributed by atoms with Crippen molar-refractivity contribution in [2.24, 2.45) is 40.0 Å². The Morgan fingerprint density at radius 2 is 0.827 bits per heavy atom. The molecule has 0 aliphatic heterocycles. The minimum atomic E-state index is -1.20. The first-order valence-electron chi connectivity index (χ1n) is 24.4. The second-order valence-corrected chi connectivity index (χ2v) is 18.6. The van der Waals surface area contributed by atoms with E-state index in [0.29, 0.717) is 57.6 Å². The molecule has 4 aromatic carbocycles. The average molecular weight is 1040 g/mol. The minimum absolute atomic E-state index is 0.0406. The van der Waals surface area contributed by atoms with Crippen LogP contribution in [-0.2, 0) is 73.2 Å². The summed E-state index contributed by atoms with van der Waals surface area (Å²) in [5.74, 6) is -10.6. The normalized spacial score (nSPS) is 12.1. The van der Waals surface area contributed by atoms with Gasteiger partial charge in [0.15, 0.2) is 11.6 Å². The molecule has 0 saturated heterocycles. The van der Waals surface area contributed by atoms with Gasteiger partial charge in [-0.05, 0) is 97.2 Å². The highest BCUT2D eigenvalue weighted by atomic mass is 19.1. The highest BCUT2D eigenvalue weighted by molar-refractivity contribution is 5.99. The van der Waals surface area contributed by atoms with Crippen molar-refractivity contribution in [3.05, 3.63) is 183 Å². The van der Waals surface area contributed by atoms with Gasteiger partial charge in [-0.3, -0.25) is 37.9 Å². The lowest BCUT2D eigenvalue weighted by atomic mass is 9.90. The van der Waals surface area contributed by atoms with Crippen LogP contribution in [0.15, 0.2) is 92.0 Å². The molecule has 1 N–H and O–H groups in total. The number of ether oxygens (including phenoxy) is 2. The summed E-state index contributed by atoms with van der Waals surface area (Å²) in [6, 6.07) is 16.8. The van der Waals surface area contributed by atoms with Gasteiger partial charge in [0, 0.05) is 65.5 Å². The molecule has 0 amide bonds. The summed E-state index contributed by atoms with van der Waals surface area (Å²) in [5, 5.41) is 2.84. The molecule has 6 aromatic rings. The second kappa shape index (κ2) is 24.5. The molecule has 0 bridgehead atoms. The quantitative estimate of drug-likeness (QED) is 0.0417. The van der Waals surface area contributed by atoms with E-state index in [0.717, 1.165) is 33.4 Å². The molecule has 6 rings (SSSR count). The highest BCUT2D eigenvalue weighted by Crippen LogP contribution is 2.27. The Bertz CT molecular complexity index is 3140. The maximum absolute atomic E-state index is 15.6. The van der Waals surface area contributed by atoms with Crippen LogP contribution in [0, 0.1) is 49.0 Å². The Hall–Kier alpha value is -7.80. The Kier molecular flexibility index (Phi) is 18.4. The molecule has 2 aromatic heterocycles. The van der Waals surface area contributed by atoms with Gasteiger partial charge in [-0.2, -0.15) is 0 Å². The molecule has 19 heteroatoms. The van der Waals surface area contributed by atoms with E-state index in [1.807, 2.05) is 0 Å². The lowest BCUT2D eigenvalue weighted by Gasteiger charge is -2.17. The number of nitrogens with zero attached hydrogens (tertiary/aromatic N) is 4. The molecule has 2 atom stereocenters. The van der Waals surface area contributed by atoms with E-state index in [-0.39, 0.29) is 50.3 Å². The summed E-state index contributed by atoms with van der Waals surface area (Å²) in [4.78, 5) is 104. The molecule has 2 heterocycles. The van der Waals surface area contributed by atoms with E-state index >= 15 is 17.6 Å². The number of hydrogen-bond donors (Lipinski definition) is 1. The molecule has 75 heavy (non-hydrogen) atoms. The number of ketones is 2. The lowest BCUT2D eigenvalue weighted by molar-refractivity contribution is -0.149. The predicted molar refractivity (Wildman–Crippen MR) is 272 cm³/mol.